The summed E-state index contributed by atoms with van der Waals surface area (Å²) in [6.07, 6.45) is 0. The van der Waals surface area contributed by atoms with Gasteiger partial charge in [-0.15, -0.1) is 0 Å². The van der Waals surface area contributed by atoms with E-state index in [-0.39, 0.29) is 0 Å². The molecule has 0 spiro atoms. The predicted octanol–water partition coefficient (Wildman–Crippen LogP) is 18.3. The van der Waals surface area contributed by atoms with Gasteiger partial charge in [0.2, 0.25) is 0 Å². The lowest BCUT2D eigenvalue weighted by molar-refractivity contribution is 0.673. The molecule has 0 fully saturated rings. The summed E-state index contributed by atoms with van der Waals surface area (Å²) >= 11 is 0. The lowest BCUT2D eigenvalue weighted by atomic mass is 9.85. The van der Waals surface area contributed by atoms with Crippen molar-refractivity contribution in [3.63, 3.8) is 0 Å². The zero-order chi connectivity index (χ0) is 43.6. The third-order valence-electron chi connectivity index (χ3n) is 13.4. The first kappa shape index (κ1) is 37.8. The van der Waals surface area contributed by atoms with Gasteiger partial charge >= 0.3 is 0 Å². The van der Waals surface area contributed by atoms with Crippen LogP contribution < -0.4 is 4.90 Å². The van der Waals surface area contributed by atoms with E-state index < -0.39 is 0 Å². The van der Waals surface area contributed by atoms with Gasteiger partial charge in [-0.1, -0.05) is 200 Å². The smallest absolute Gasteiger partial charge is 0.143 e. The Morgan fingerprint density at radius 2 is 0.848 bits per heavy atom. The lowest BCUT2D eigenvalue weighted by Crippen LogP contribution is -2.11. The van der Waals surface area contributed by atoms with Crippen LogP contribution >= 0.6 is 0 Å². The van der Waals surface area contributed by atoms with Crippen LogP contribution in [0.25, 0.3) is 110 Å². The summed E-state index contributed by atoms with van der Waals surface area (Å²) in [5.41, 5.74) is 14.4. The van der Waals surface area contributed by atoms with E-state index in [0.29, 0.717) is 0 Å². The first-order valence-corrected chi connectivity index (χ1v) is 22.7. The second-order valence-electron chi connectivity index (χ2n) is 17.2. The molecule has 0 radical (unpaired) electrons. The second-order valence-corrected chi connectivity index (χ2v) is 17.2. The highest BCUT2D eigenvalue weighted by Gasteiger charge is 2.24. The van der Waals surface area contributed by atoms with Crippen molar-refractivity contribution in [2.45, 2.75) is 0 Å². The Hall–Kier alpha value is -8.72. The molecule has 2 heteroatoms. The lowest BCUT2D eigenvalue weighted by Gasteiger charge is -2.29. The van der Waals surface area contributed by atoms with E-state index in [1.54, 1.807) is 0 Å². The van der Waals surface area contributed by atoms with Crippen molar-refractivity contribution in [2.75, 3.05) is 4.90 Å². The molecule has 0 unspecified atom stereocenters. The van der Waals surface area contributed by atoms with Crippen molar-refractivity contribution in [3.05, 3.63) is 249 Å². The maximum absolute atomic E-state index is 6.75. The molecule has 13 aromatic rings. The molecule has 0 aliphatic rings. The van der Waals surface area contributed by atoms with E-state index >= 15 is 0 Å². The van der Waals surface area contributed by atoms with E-state index in [0.717, 1.165) is 55.5 Å². The van der Waals surface area contributed by atoms with E-state index in [9.17, 15) is 0 Å². The summed E-state index contributed by atoms with van der Waals surface area (Å²) < 4.78 is 6.75. The van der Waals surface area contributed by atoms with Crippen LogP contribution in [0.5, 0.6) is 0 Å². The van der Waals surface area contributed by atoms with Crippen molar-refractivity contribution in [3.8, 4) is 44.5 Å². The molecule has 66 heavy (non-hydrogen) atoms. The summed E-state index contributed by atoms with van der Waals surface area (Å²) in [6.45, 7) is 0. The first-order chi connectivity index (χ1) is 32.7. The van der Waals surface area contributed by atoms with Crippen LogP contribution in [0.15, 0.2) is 253 Å². The standard InChI is InChI=1S/C64H41NO/c1-3-18-45(19-4-1)61-55-26-12-11-24-52(55)53-39-37-50(41-58(53)62(61)46-20-5-2-6-21-46)65(49-35-32-43(33-36-49)48-31-30-42-16-7-8-22-47(42)40-48)59-28-14-13-25-54(59)56-27-15-29-60-63(56)57-38-34-44-17-9-10-23-51(44)64(57)66-60/h1-41H. The second kappa shape index (κ2) is 15.5. The SMILES string of the molecule is c1ccc(-c2c(-c3ccccc3)c3cc(N(c4ccc(-c5ccc6ccccc6c5)cc4)c4ccccc4-c4cccc5oc6c7ccccc7ccc6c45)ccc3c3ccccc23)cc1. The van der Waals surface area contributed by atoms with E-state index in [4.69, 9.17) is 4.42 Å². The van der Waals surface area contributed by atoms with Gasteiger partial charge in [0.25, 0.3) is 0 Å². The highest BCUT2D eigenvalue weighted by Crippen LogP contribution is 2.49. The maximum atomic E-state index is 6.75. The van der Waals surface area contributed by atoms with Gasteiger partial charge in [0.15, 0.2) is 0 Å². The zero-order valence-corrected chi connectivity index (χ0v) is 36.0. The quantitative estimate of drug-likeness (QED) is 0.149. The van der Waals surface area contributed by atoms with Crippen LogP contribution in [0.2, 0.25) is 0 Å². The minimum atomic E-state index is 0.874. The molecule has 1 heterocycles. The molecular weight excluding hydrogens is 799 g/mol. The third-order valence-corrected chi connectivity index (χ3v) is 13.4. The number of hydrogen-bond acceptors (Lipinski definition) is 2. The van der Waals surface area contributed by atoms with E-state index in [1.165, 1.54) is 71.1 Å². The normalized spacial score (nSPS) is 11.6. The Kier molecular flexibility index (Phi) is 8.89. The molecule has 308 valence electrons. The van der Waals surface area contributed by atoms with Gasteiger partial charge in [-0.05, 0) is 125 Å². The summed E-state index contributed by atoms with van der Waals surface area (Å²) in [6, 6.07) is 90.4. The zero-order valence-electron chi connectivity index (χ0n) is 36.0. The fraction of sp³-hybridized carbons (Fsp3) is 0. The van der Waals surface area contributed by atoms with Crippen LogP contribution in [-0.4, -0.2) is 0 Å². The molecule has 12 aromatic carbocycles. The number of para-hydroxylation sites is 1. The van der Waals surface area contributed by atoms with Gasteiger partial charge in [-0.3, -0.25) is 0 Å². The molecule has 0 saturated heterocycles. The molecule has 0 bridgehead atoms. The Bertz CT molecular complexity index is 3980. The van der Waals surface area contributed by atoms with E-state index in [2.05, 4.69) is 254 Å². The number of anilines is 3. The van der Waals surface area contributed by atoms with Crippen molar-refractivity contribution in [1.29, 1.82) is 0 Å². The van der Waals surface area contributed by atoms with Gasteiger partial charge in [0.05, 0.1) is 5.69 Å². The summed E-state index contributed by atoms with van der Waals surface area (Å²) in [7, 11) is 0. The Morgan fingerprint density at radius 1 is 0.288 bits per heavy atom. The Morgan fingerprint density at radius 3 is 1.64 bits per heavy atom. The fourth-order valence-electron chi connectivity index (χ4n) is 10.4. The van der Waals surface area contributed by atoms with E-state index in [1.807, 2.05) is 0 Å². The van der Waals surface area contributed by atoms with Crippen LogP contribution in [-0.2, 0) is 0 Å². The van der Waals surface area contributed by atoms with Crippen molar-refractivity contribution in [1.82, 2.24) is 0 Å². The molecule has 0 N–H and O–H groups in total. The number of furan rings is 1. The Labute approximate surface area is 382 Å². The number of benzene rings is 12. The molecule has 0 amide bonds. The molecule has 0 aliphatic heterocycles. The van der Waals surface area contributed by atoms with Crippen LogP contribution in [0.3, 0.4) is 0 Å². The molecule has 0 atom stereocenters. The minimum Gasteiger partial charge on any atom is -0.455 e. The third kappa shape index (κ3) is 6.18. The number of hydrogen-bond donors (Lipinski definition) is 0. The van der Waals surface area contributed by atoms with Gasteiger partial charge in [-0.2, -0.15) is 0 Å². The first-order valence-electron chi connectivity index (χ1n) is 22.7. The summed E-state index contributed by atoms with van der Waals surface area (Å²) in [4.78, 5) is 2.45. The molecule has 0 aliphatic carbocycles. The molecule has 1 aromatic heterocycles. The number of nitrogens with zero attached hydrogens (tertiary/aromatic N) is 1. The number of rotatable bonds is 7. The predicted molar refractivity (Wildman–Crippen MR) is 280 cm³/mol. The van der Waals surface area contributed by atoms with Gasteiger partial charge < -0.3 is 9.32 Å². The maximum Gasteiger partial charge on any atom is 0.143 e. The summed E-state index contributed by atoms with van der Waals surface area (Å²) in [5, 5.41) is 11.9. The molecule has 0 saturated carbocycles. The Balaban J connectivity index is 1.08. The average Bonchev–Trinajstić information content (AvgIpc) is 3.79. The monoisotopic (exact) mass is 839 g/mol. The van der Waals surface area contributed by atoms with Gasteiger partial charge in [-0.25, -0.2) is 0 Å². The fourth-order valence-corrected chi connectivity index (χ4v) is 10.4. The average molecular weight is 840 g/mol. The number of fused-ring (bicyclic) bond motifs is 9. The van der Waals surface area contributed by atoms with Crippen LogP contribution in [0.4, 0.5) is 17.1 Å². The van der Waals surface area contributed by atoms with Crippen molar-refractivity contribution >= 4 is 82.1 Å². The van der Waals surface area contributed by atoms with Crippen LogP contribution in [0.1, 0.15) is 0 Å². The highest BCUT2D eigenvalue weighted by molar-refractivity contribution is 6.23. The van der Waals surface area contributed by atoms with Gasteiger partial charge in [0, 0.05) is 33.1 Å². The molecular formula is C64H41NO. The highest BCUT2D eigenvalue weighted by atomic mass is 16.3. The minimum absolute atomic E-state index is 0.874. The van der Waals surface area contributed by atoms with Gasteiger partial charge in [0.1, 0.15) is 11.2 Å². The molecule has 13 rings (SSSR count). The topological polar surface area (TPSA) is 16.4 Å². The van der Waals surface area contributed by atoms with Crippen LogP contribution in [0, 0.1) is 0 Å². The summed E-state index contributed by atoms with van der Waals surface area (Å²) in [5.74, 6) is 0. The largest absolute Gasteiger partial charge is 0.455 e. The van der Waals surface area contributed by atoms with Crippen molar-refractivity contribution in [2.24, 2.45) is 0 Å². The van der Waals surface area contributed by atoms with Crippen molar-refractivity contribution < 1.29 is 4.42 Å². The molecule has 2 nitrogen and oxygen atoms in total.